The van der Waals surface area contributed by atoms with E-state index in [-0.39, 0.29) is 12.0 Å². The highest BCUT2D eigenvalue weighted by Gasteiger charge is 2.36. The topological polar surface area (TPSA) is 75.3 Å². The maximum Gasteiger partial charge on any atom is 0.222 e. The van der Waals surface area contributed by atoms with Crippen LogP contribution >= 0.6 is 0 Å². The van der Waals surface area contributed by atoms with Gasteiger partial charge in [0, 0.05) is 24.1 Å². The van der Waals surface area contributed by atoms with Crippen LogP contribution in [0.3, 0.4) is 0 Å². The van der Waals surface area contributed by atoms with Crippen molar-refractivity contribution in [2.45, 2.75) is 38.5 Å². The van der Waals surface area contributed by atoms with Gasteiger partial charge in [0.05, 0.1) is 12.3 Å². The van der Waals surface area contributed by atoms with E-state index >= 15 is 0 Å². The van der Waals surface area contributed by atoms with Gasteiger partial charge < -0.3 is 15.7 Å². The molecule has 0 radical (unpaired) electrons. The van der Waals surface area contributed by atoms with Crippen LogP contribution in [-0.4, -0.2) is 34.8 Å². The number of nitrogen functional groups attached to an aromatic ring is 1. The summed E-state index contributed by atoms with van der Waals surface area (Å²) in [6.45, 7) is 5.83. The van der Waals surface area contributed by atoms with Crippen molar-refractivity contribution in [1.82, 2.24) is 9.97 Å². The van der Waals surface area contributed by atoms with E-state index in [1.165, 1.54) is 5.56 Å². The Hall–Kier alpha value is -1.62. The molecule has 21 heavy (non-hydrogen) atoms. The number of piperidine rings is 1. The maximum atomic E-state index is 9.85. The monoisotopic (exact) mass is 288 g/mol. The number of hydrogen-bond acceptors (Lipinski definition) is 5. The lowest BCUT2D eigenvalue weighted by molar-refractivity contribution is 0.108. The van der Waals surface area contributed by atoms with Gasteiger partial charge in [-0.3, -0.25) is 0 Å². The van der Waals surface area contributed by atoms with Crippen LogP contribution in [0, 0.1) is 5.41 Å². The van der Waals surface area contributed by atoms with Crippen molar-refractivity contribution in [2.75, 3.05) is 30.3 Å². The van der Waals surface area contributed by atoms with E-state index in [1.54, 1.807) is 0 Å². The zero-order chi connectivity index (χ0) is 14.9. The highest BCUT2D eigenvalue weighted by molar-refractivity contribution is 5.54. The van der Waals surface area contributed by atoms with Crippen molar-refractivity contribution in [3.05, 3.63) is 23.9 Å². The number of allylic oxidation sites excluding steroid dienone is 1. The minimum Gasteiger partial charge on any atom is -0.396 e. The van der Waals surface area contributed by atoms with E-state index in [0.717, 1.165) is 63.1 Å². The Morgan fingerprint density at radius 3 is 2.95 bits per heavy atom. The lowest BCUT2D eigenvalue weighted by atomic mass is 9.77. The molecule has 1 saturated heterocycles. The molecule has 0 aromatic carbocycles. The van der Waals surface area contributed by atoms with Crippen molar-refractivity contribution in [3.8, 4) is 0 Å². The number of anilines is 2. The molecule has 1 fully saturated rings. The summed E-state index contributed by atoms with van der Waals surface area (Å²) in [7, 11) is 0. The molecule has 1 aliphatic heterocycles. The van der Waals surface area contributed by atoms with Gasteiger partial charge >= 0.3 is 0 Å². The number of nitrogens with two attached hydrogens (primary N) is 1. The van der Waals surface area contributed by atoms with Gasteiger partial charge in [-0.2, -0.15) is 4.98 Å². The number of aliphatic hydroxyl groups excluding tert-OH is 1. The average molecular weight is 288 g/mol. The minimum atomic E-state index is -0.0921. The first-order chi connectivity index (χ1) is 10.2. The second-order valence-corrected chi connectivity index (χ2v) is 6.36. The van der Waals surface area contributed by atoms with Crippen LogP contribution < -0.4 is 10.6 Å². The SMILES string of the molecule is C=CCC1(CO)CCCN(c2nc(N)nc3c2CCC3)C1. The zero-order valence-electron chi connectivity index (χ0n) is 12.5. The highest BCUT2D eigenvalue weighted by atomic mass is 16.3. The Bertz CT molecular complexity index is 545. The molecule has 3 rings (SSSR count). The fourth-order valence-corrected chi connectivity index (χ4v) is 3.75. The average Bonchev–Trinajstić information content (AvgIpc) is 2.95. The van der Waals surface area contributed by atoms with Crippen LogP contribution in [0.25, 0.3) is 0 Å². The third-order valence-corrected chi connectivity index (χ3v) is 4.80. The van der Waals surface area contributed by atoms with E-state index in [1.807, 2.05) is 6.08 Å². The smallest absolute Gasteiger partial charge is 0.222 e. The summed E-state index contributed by atoms with van der Waals surface area (Å²) in [6.07, 6.45) is 8.02. The minimum absolute atomic E-state index is 0.0921. The first-order valence-electron chi connectivity index (χ1n) is 7.79. The van der Waals surface area contributed by atoms with Crippen LogP contribution in [0.15, 0.2) is 12.7 Å². The molecule has 0 spiro atoms. The molecule has 0 bridgehead atoms. The Labute approximate surface area is 125 Å². The molecule has 0 saturated carbocycles. The molecule has 1 atom stereocenters. The summed E-state index contributed by atoms with van der Waals surface area (Å²) in [4.78, 5) is 11.2. The molecule has 1 aromatic heterocycles. The Morgan fingerprint density at radius 1 is 1.33 bits per heavy atom. The Morgan fingerprint density at radius 2 is 2.19 bits per heavy atom. The van der Waals surface area contributed by atoms with Gasteiger partial charge in [0.1, 0.15) is 5.82 Å². The normalized spacial score (nSPS) is 24.9. The summed E-state index contributed by atoms with van der Waals surface area (Å²) in [5.74, 6) is 1.37. The summed E-state index contributed by atoms with van der Waals surface area (Å²) in [5, 5.41) is 9.85. The lowest BCUT2D eigenvalue weighted by Gasteiger charge is -2.42. The molecule has 1 aliphatic carbocycles. The summed E-state index contributed by atoms with van der Waals surface area (Å²) in [5.41, 5.74) is 8.16. The Balaban J connectivity index is 1.92. The number of aryl methyl sites for hydroxylation is 1. The van der Waals surface area contributed by atoms with Crippen molar-refractivity contribution < 1.29 is 5.11 Å². The van der Waals surface area contributed by atoms with E-state index in [9.17, 15) is 5.11 Å². The molecule has 5 heteroatoms. The molecular formula is C16H24N4O. The summed E-state index contributed by atoms with van der Waals surface area (Å²) in [6, 6.07) is 0. The molecule has 0 amide bonds. The fourth-order valence-electron chi connectivity index (χ4n) is 3.75. The number of aliphatic hydroxyl groups is 1. The summed E-state index contributed by atoms with van der Waals surface area (Å²) >= 11 is 0. The van der Waals surface area contributed by atoms with Gasteiger partial charge in [-0.15, -0.1) is 6.58 Å². The van der Waals surface area contributed by atoms with Gasteiger partial charge in [-0.1, -0.05) is 6.08 Å². The van der Waals surface area contributed by atoms with Crippen LogP contribution in [0.5, 0.6) is 0 Å². The third-order valence-electron chi connectivity index (χ3n) is 4.80. The maximum absolute atomic E-state index is 9.85. The first kappa shape index (κ1) is 14.3. The molecule has 114 valence electrons. The molecule has 5 nitrogen and oxygen atoms in total. The largest absolute Gasteiger partial charge is 0.396 e. The van der Waals surface area contributed by atoms with Crippen molar-refractivity contribution in [2.24, 2.45) is 5.41 Å². The van der Waals surface area contributed by atoms with E-state index in [4.69, 9.17) is 5.73 Å². The van der Waals surface area contributed by atoms with Crippen molar-refractivity contribution in [3.63, 3.8) is 0 Å². The van der Waals surface area contributed by atoms with Crippen LogP contribution in [0.1, 0.15) is 36.9 Å². The highest BCUT2D eigenvalue weighted by Crippen LogP contribution is 2.38. The second-order valence-electron chi connectivity index (χ2n) is 6.36. The van der Waals surface area contributed by atoms with Crippen LogP contribution in [0.4, 0.5) is 11.8 Å². The van der Waals surface area contributed by atoms with E-state index in [0.29, 0.717) is 5.95 Å². The quantitative estimate of drug-likeness (QED) is 0.825. The predicted molar refractivity (Wildman–Crippen MR) is 84.2 cm³/mol. The number of fused-ring (bicyclic) bond motifs is 1. The van der Waals surface area contributed by atoms with Gasteiger partial charge in [0.15, 0.2) is 0 Å². The third kappa shape index (κ3) is 2.62. The number of nitrogens with zero attached hydrogens (tertiary/aromatic N) is 3. The first-order valence-corrected chi connectivity index (χ1v) is 7.79. The predicted octanol–water partition coefficient (Wildman–Crippen LogP) is 1.70. The van der Waals surface area contributed by atoms with Gasteiger partial charge in [-0.25, -0.2) is 4.98 Å². The summed E-state index contributed by atoms with van der Waals surface area (Å²) < 4.78 is 0. The Kier molecular flexibility index (Phi) is 3.85. The van der Waals surface area contributed by atoms with Gasteiger partial charge in [-0.05, 0) is 38.5 Å². The molecule has 1 unspecified atom stereocenters. The van der Waals surface area contributed by atoms with Gasteiger partial charge in [0.2, 0.25) is 5.95 Å². The molecule has 3 N–H and O–H groups in total. The van der Waals surface area contributed by atoms with Crippen molar-refractivity contribution in [1.29, 1.82) is 0 Å². The molecule has 1 aromatic rings. The molecule has 2 heterocycles. The van der Waals surface area contributed by atoms with E-state index in [2.05, 4.69) is 21.4 Å². The van der Waals surface area contributed by atoms with E-state index < -0.39 is 0 Å². The number of rotatable bonds is 4. The number of aromatic nitrogens is 2. The number of hydrogen-bond donors (Lipinski definition) is 2. The van der Waals surface area contributed by atoms with Crippen molar-refractivity contribution >= 4 is 11.8 Å². The van der Waals surface area contributed by atoms with Gasteiger partial charge in [0.25, 0.3) is 0 Å². The fraction of sp³-hybridized carbons (Fsp3) is 0.625. The zero-order valence-corrected chi connectivity index (χ0v) is 12.5. The lowest BCUT2D eigenvalue weighted by Crippen LogP contribution is -2.46. The van der Waals surface area contributed by atoms with Crippen LogP contribution in [-0.2, 0) is 12.8 Å². The standard InChI is InChI=1S/C16H24N4O/c1-2-7-16(11-21)8-4-9-20(10-16)14-12-5-3-6-13(12)18-15(17)19-14/h2,21H,1,3-11H2,(H2,17,18,19). The molecular weight excluding hydrogens is 264 g/mol. The van der Waals surface area contributed by atoms with Crippen LogP contribution in [0.2, 0.25) is 0 Å². The second kappa shape index (κ2) is 5.64. The molecule has 2 aliphatic rings.